The molecule has 0 amide bonds. The number of halogens is 2. The molecule has 0 radical (unpaired) electrons. The zero-order valence-electron chi connectivity index (χ0n) is 16.0. The lowest BCUT2D eigenvalue weighted by Gasteiger charge is -2.57. The van der Waals surface area contributed by atoms with Crippen LogP contribution in [0.2, 0.25) is 10.0 Å². The van der Waals surface area contributed by atoms with E-state index >= 15 is 0 Å². The summed E-state index contributed by atoms with van der Waals surface area (Å²) >= 11 is 12.6. The molecule has 4 nitrogen and oxygen atoms in total. The molecule has 1 N–H and O–H groups in total. The largest absolute Gasteiger partial charge is 0.513 e. The number of benzene rings is 2. The molecule has 0 spiro atoms. The summed E-state index contributed by atoms with van der Waals surface area (Å²) in [5, 5.41) is 4.17. The minimum atomic E-state index is -3.78. The zero-order chi connectivity index (χ0) is 20.1. The Morgan fingerprint density at radius 3 is 1.62 bits per heavy atom. The first-order valence-electron chi connectivity index (χ1n) is 10.2. The second kappa shape index (κ2) is 7.50. The highest BCUT2D eigenvalue weighted by molar-refractivity contribution is 7.52. The normalized spacial score (nSPS) is 30.3. The maximum absolute atomic E-state index is 14.1. The molecule has 0 atom stereocenters. The first-order chi connectivity index (χ1) is 13.9. The Balaban J connectivity index is 1.47. The summed E-state index contributed by atoms with van der Waals surface area (Å²) in [6.45, 7) is 0. The summed E-state index contributed by atoms with van der Waals surface area (Å²) in [6.07, 6.45) is 6.92. The summed E-state index contributed by atoms with van der Waals surface area (Å²) < 4.78 is 26.0. The van der Waals surface area contributed by atoms with E-state index in [4.69, 9.17) is 32.2 Å². The van der Waals surface area contributed by atoms with Crippen molar-refractivity contribution >= 4 is 30.9 Å². The van der Waals surface area contributed by atoms with Gasteiger partial charge in [-0.2, -0.15) is 5.09 Å². The second-order valence-corrected chi connectivity index (χ2v) is 11.2. The van der Waals surface area contributed by atoms with Gasteiger partial charge in [0.15, 0.2) is 0 Å². The minimum absolute atomic E-state index is 0.215. The Hall–Kier alpha value is -1.19. The predicted molar refractivity (Wildman–Crippen MR) is 116 cm³/mol. The van der Waals surface area contributed by atoms with E-state index in [0.29, 0.717) is 39.3 Å². The van der Waals surface area contributed by atoms with Crippen LogP contribution in [0.4, 0.5) is 0 Å². The number of hydrogen-bond donors (Lipinski definition) is 1. The molecule has 29 heavy (non-hydrogen) atoms. The molecule has 6 rings (SSSR count). The first-order valence-corrected chi connectivity index (χ1v) is 12.5. The van der Waals surface area contributed by atoms with Gasteiger partial charge in [0.05, 0.1) is 10.0 Å². The lowest BCUT2D eigenvalue weighted by Crippen LogP contribution is -2.57. The van der Waals surface area contributed by atoms with Crippen LogP contribution in [0.15, 0.2) is 48.5 Å². The molecule has 154 valence electrons. The Labute approximate surface area is 181 Å². The fourth-order valence-electron chi connectivity index (χ4n) is 5.90. The van der Waals surface area contributed by atoms with Crippen molar-refractivity contribution in [3.05, 3.63) is 58.6 Å². The molecule has 0 heterocycles. The van der Waals surface area contributed by atoms with Crippen molar-refractivity contribution in [3.8, 4) is 11.5 Å². The Morgan fingerprint density at radius 1 is 0.793 bits per heavy atom. The molecule has 0 unspecified atom stereocenters. The fourth-order valence-corrected chi connectivity index (χ4v) is 8.17. The topological polar surface area (TPSA) is 47.6 Å². The number of hydrogen-bond acceptors (Lipinski definition) is 3. The second-order valence-electron chi connectivity index (χ2n) is 8.85. The average molecular weight is 452 g/mol. The monoisotopic (exact) mass is 451 g/mol. The lowest BCUT2D eigenvalue weighted by atomic mass is 9.53. The van der Waals surface area contributed by atoms with Crippen LogP contribution in [0.1, 0.15) is 38.5 Å². The molecule has 2 aromatic carbocycles. The third-order valence-corrected chi connectivity index (χ3v) is 8.77. The van der Waals surface area contributed by atoms with Crippen molar-refractivity contribution in [2.75, 3.05) is 0 Å². The summed E-state index contributed by atoms with van der Waals surface area (Å²) in [6, 6.07) is 14.0. The van der Waals surface area contributed by atoms with Crippen molar-refractivity contribution in [1.82, 2.24) is 5.09 Å². The molecule has 4 saturated carbocycles. The SMILES string of the molecule is O=P(NC12CC3CC(CC(C3)C1)C2)(Oc1ccccc1Cl)Oc1ccccc1Cl. The van der Waals surface area contributed by atoms with Crippen molar-refractivity contribution in [1.29, 1.82) is 0 Å². The van der Waals surface area contributed by atoms with E-state index in [-0.39, 0.29) is 5.54 Å². The van der Waals surface area contributed by atoms with Crippen molar-refractivity contribution in [3.63, 3.8) is 0 Å². The quantitative estimate of drug-likeness (QED) is 0.474. The van der Waals surface area contributed by atoms with Gasteiger partial charge < -0.3 is 9.05 Å². The fraction of sp³-hybridized carbons (Fsp3) is 0.455. The summed E-state index contributed by atoms with van der Waals surface area (Å²) in [5.74, 6) is 2.76. The van der Waals surface area contributed by atoms with Gasteiger partial charge in [0.25, 0.3) is 0 Å². The molecule has 0 saturated heterocycles. The van der Waals surface area contributed by atoms with E-state index < -0.39 is 7.75 Å². The van der Waals surface area contributed by atoms with Crippen LogP contribution in [-0.2, 0) is 4.57 Å². The predicted octanol–water partition coefficient (Wildman–Crippen LogP) is 7.12. The van der Waals surface area contributed by atoms with Crippen molar-refractivity contribution in [2.45, 2.75) is 44.1 Å². The Bertz CT molecular complexity index is 880. The van der Waals surface area contributed by atoms with Gasteiger partial charge in [0.1, 0.15) is 11.5 Å². The van der Waals surface area contributed by atoms with Crippen LogP contribution >= 0.6 is 30.9 Å². The van der Waals surface area contributed by atoms with Gasteiger partial charge in [-0.05, 0) is 80.5 Å². The van der Waals surface area contributed by atoms with E-state index in [9.17, 15) is 4.57 Å². The average Bonchev–Trinajstić information content (AvgIpc) is 2.64. The maximum Gasteiger partial charge on any atom is 0.513 e. The molecule has 4 aliphatic carbocycles. The van der Waals surface area contributed by atoms with Crippen LogP contribution in [0.5, 0.6) is 11.5 Å². The third kappa shape index (κ3) is 4.05. The smallest absolute Gasteiger partial charge is 0.403 e. The molecule has 4 fully saturated rings. The first kappa shape index (κ1) is 19.8. The van der Waals surface area contributed by atoms with Gasteiger partial charge in [-0.25, -0.2) is 4.57 Å². The van der Waals surface area contributed by atoms with E-state index in [1.54, 1.807) is 36.4 Å². The maximum atomic E-state index is 14.1. The van der Waals surface area contributed by atoms with Gasteiger partial charge in [-0.3, -0.25) is 0 Å². The van der Waals surface area contributed by atoms with E-state index in [0.717, 1.165) is 19.3 Å². The standard InChI is InChI=1S/C22H24Cl2NO3P/c23-18-5-1-3-7-20(18)27-29(26,28-21-8-4-2-6-19(21)24)25-22-12-15-9-16(13-22)11-17(10-15)14-22/h1-8,15-17H,9-14H2,(H,25,26). The van der Waals surface area contributed by atoms with Crippen LogP contribution in [0, 0.1) is 17.8 Å². The summed E-state index contributed by atoms with van der Waals surface area (Å²) in [4.78, 5) is 0. The number of nitrogens with one attached hydrogen (secondary N) is 1. The van der Waals surface area contributed by atoms with Gasteiger partial charge >= 0.3 is 7.75 Å². The highest BCUT2D eigenvalue weighted by atomic mass is 35.5. The van der Waals surface area contributed by atoms with Gasteiger partial charge in [0.2, 0.25) is 0 Å². The highest BCUT2D eigenvalue weighted by Gasteiger charge is 2.54. The Morgan fingerprint density at radius 2 is 1.21 bits per heavy atom. The number of rotatable bonds is 6. The summed E-state index contributed by atoms with van der Waals surface area (Å²) in [7, 11) is -3.78. The molecular weight excluding hydrogens is 428 g/mol. The van der Waals surface area contributed by atoms with Crippen LogP contribution < -0.4 is 14.1 Å². The molecule has 4 bridgehead atoms. The van der Waals surface area contributed by atoms with Crippen molar-refractivity contribution < 1.29 is 13.6 Å². The van der Waals surface area contributed by atoms with Gasteiger partial charge in [-0.15, -0.1) is 0 Å². The molecule has 2 aromatic rings. The van der Waals surface area contributed by atoms with E-state index in [1.807, 2.05) is 12.1 Å². The van der Waals surface area contributed by atoms with E-state index in [1.165, 1.54) is 19.3 Å². The highest BCUT2D eigenvalue weighted by Crippen LogP contribution is 2.60. The van der Waals surface area contributed by atoms with Crippen LogP contribution in [0.25, 0.3) is 0 Å². The third-order valence-electron chi connectivity index (χ3n) is 6.52. The molecule has 7 heteroatoms. The molecule has 0 aliphatic heterocycles. The zero-order valence-corrected chi connectivity index (χ0v) is 18.4. The van der Waals surface area contributed by atoms with Crippen LogP contribution in [-0.4, -0.2) is 5.54 Å². The van der Waals surface area contributed by atoms with Gasteiger partial charge in [-0.1, -0.05) is 47.5 Å². The minimum Gasteiger partial charge on any atom is -0.403 e. The molecule has 4 aliphatic rings. The van der Waals surface area contributed by atoms with Crippen LogP contribution in [0.3, 0.4) is 0 Å². The lowest BCUT2D eigenvalue weighted by molar-refractivity contribution is -0.0109. The van der Waals surface area contributed by atoms with E-state index in [2.05, 4.69) is 5.09 Å². The number of para-hydroxylation sites is 2. The van der Waals surface area contributed by atoms with Crippen molar-refractivity contribution in [2.24, 2.45) is 17.8 Å². The molecular formula is C22H24Cl2NO3P. The molecule has 0 aromatic heterocycles. The van der Waals surface area contributed by atoms with Gasteiger partial charge in [0, 0.05) is 5.54 Å². The summed E-state index contributed by atoms with van der Waals surface area (Å²) in [5.41, 5.74) is -0.215. The Kier molecular flexibility index (Phi) is 5.11.